The van der Waals surface area contributed by atoms with Gasteiger partial charge in [0.2, 0.25) is 5.91 Å². The average molecular weight is 290 g/mol. The number of carbonyl (C=O) groups is 1. The fourth-order valence-electron chi connectivity index (χ4n) is 1.80. The van der Waals surface area contributed by atoms with Crippen LogP contribution in [0.15, 0.2) is 41.1 Å². The van der Waals surface area contributed by atoms with E-state index < -0.39 is 0 Å². The maximum atomic E-state index is 12.0. The van der Waals surface area contributed by atoms with Gasteiger partial charge in [-0.3, -0.25) is 4.79 Å². The molecule has 2 aromatic rings. The van der Waals surface area contributed by atoms with Gasteiger partial charge in [0.1, 0.15) is 5.75 Å². The lowest BCUT2D eigenvalue weighted by Crippen LogP contribution is -2.27. The van der Waals surface area contributed by atoms with E-state index >= 15 is 0 Å². The molecule has 0 bridgehead atoms. The second-order valence-corrected chi connectivity index (χ2v) is 5.30. The fourth-order valence-corrected chi connectivity index (χ4v) is 2.46. The largest absolute Gasteiger partial charge is 0.491 e. The van der Waals surface area contributed by atoms with Crippen LogP contribution < -0.4 is 10.5 Å². The Morgan fingerprint density at radius 3 is 2.85 bits per heavy atom. The molecule has 0 atom stereocenters. The highest BCUT2D eigenvalue weighted by molar-refractivity contribution is 7.07. The van der Waals surface area contributed by atoms with Crippen molar-refractivity contribution in [2.45, 2.75) is 13.0 Å². The van der Waals surface area contributed by atoms with E-state index in [-0.39, 0.29) is 5.91 Å². The Bertz CT molecular complexity index is 555. The summed E-state index contributed by atoms with van der Waals surface area (Å²) in [6, 6.07) is 9.31. The number of benzene rings is 1. The number of anilines is 1. The summed E-state index contributed by atoms with van der Waals surface area (Å²) < 4.78 is 5.52. The molecule has 0 saturated carbocycles. The first-order valence-electron chi connectivity index (χ1n) is 6.39. The van der Waals surface area contributed by atoms with Crippen molar-refractivity contribution in [3.63, 3.8) is 0 Å². The summed E-state index contributed by atoms with van der Waals surface area (Å²) in [6.07, 6.45) is 0.342. The Hall–Kier alpha value is -2.01. The van der Waals surface area contributed by atoms with Crippen molar-refractivity contribution >= 4 is 22.9 Å². The number of nitrogens with two attached hydrogens (primary N) is 1. The van der Waals surface area contributed by atoms with Crippen molar-refractivity contribution in [3.05, 3.63) is 46.7 Å². The summed E-state index contributed by atoms with van der Waals surface area (Å²) in [4.78, 5) is 13.7. The number of nitrogen functional groups attached to an aromatic ring is 1. The third-order valence-corrected chi connectivity index (χ3v) is 3.65. The van der Waals surface area contributed by atoms with Crippen LogP contribution in [0.2, 0.25) is 0 Å². The lowest BCUT2D eigenvalue weighted by atomic mass is 10.3. The zero-order chi connectivity index (χ0) is 14.4. The molecule has 1 amide bonds. The molecule has 4 nitrogen and oxygen atoms in total. The number of hydrogen-bond acceptors (Lipinski definition) is 4. The Kier molecular flexibility index (Phi) is 5.01. The molecular weight excluding hydrogens is 272 g/mol. The Balaban J connectivity index is 1.76. The molecule has 1 heterocycles. The highest BCUT2D eigenvalue weighted by atomic mass is 32.1. The zero-order valence-corrected chi connectivity index (χ0v) is 12.2. The maximum absolute atomic E-state index is 12.0. The molecule has 0 saturated heterocycles. The van der Waals surface area contributed by atoms with Crippen LogP contribution >= 0.6 is 11.3 Å². The monoisotopic (exact) mass is 290 g/mol. The number of hydrogen-bond donors (Lipinski definition) is 1. The van der Waals surface area contributed by atoms with Gasteiger partial charge in [-0.05, 0) is 34.5 Å². The topological polar surface area (TPSA) is 55.6 Å². The first kappa shape index (κ1) is 14.4. The molecule has 0 aliphatic heterocycles. The maximum Gasteiger partial charge on any atom is 0.226 e. The molecule has 0 spiro atoms. The van der Waals surface area contributed by atoms with Gasteiger partial charge >= 0.3 is 0 Å². The van der Waals surface area contributed by atoms with Crippen molar-refractivity contribution in [2.75, 3.05) is 19.4 Å². The first-order chi connectivity index (χ1) is 9.66. The van der Waals surface area contributed by atoms with Crippen molar-refractivity contribution in [1.82, 2.24) is 4.90 Å². The third kappa shape index (κ3) is 3.99. The van der Waals surface area contributed by atoms with E-state index in [9.17, 15) is 4.79 Å². The van der Waals surface area contributed by atoms with E-state index in [4.69, 9.17) is 10.5 Å². The van der Waals surface area contributed by atoms with Gasteiger partial charge in [-0.2, -0.15) is 11.3 Å². The van der Waals surface area contributed by atoms with Crippen LogP contribution in [0.5, 0.6) is 5.75 Å². The summed E-state index contributed by atoms with van der Waals surface area (Å²) >= 11 is 1.63. The second kappa shape index (κ2) is 6.96. The van der Waals surface area contributed by atoms with Crippen LogP contribution in [-0.4, -0.2) is 24.5 Å². The van der Waals surface area contributed by atoms with Crippen LogP contribution in [0.25, 0.3) is 0 Å². The molecule has 1 aromatic heterocycles. The van der Waals surface area contributed by atoms with Gasteiger partial charge in [0.25, 0.3) is 0 Å². The van der Waals surface area contributed by atoms with Gasteiger partial charge in [0.15, 0.2) is 0 Å². The molecule has 20 heavy (non-hydrogen) atoms. The predicted molar refractivity (Wildman–Crippen MR) is 81.8 cm³/mol. The zero-order valence-electron chi connectivity index (χ0n) is 11.4. The van der Waals surface area contributed by atoms with E-state index in [1.165, 1.54) is 0 Å². The first-order valence-corrected chi connectivity index (χ1v) is 7.33. The molecule has 2 rings (SSSR count). The number of carbonyl (C=O) groups excluding carboxylic acids is 1. The highest BCUT2D eigenvalue weighted by Crippen LogP contribution is 2.19. The van der Waals surface area contributed by atoms with E-state index in [1.807, 2.05) is 29.0 Å². The Morgan fingerprint density at radius 2 is 2.15 bits per heavy atom. The van der Waals surface area contributed by atoms with Crippen molar-refractivity contribution in [2.24, 2.45) is 0 Å². The summed E-state index contributed by atoms with van der Waals surface area (Å²) in [5, 5.41) is 4.06. The average Bonchev–Trinajstić information content (AvgIpc) is 2.93. The van der Waals surface area contributed by atoms with Crippen molar-refractivity contribution in [1.29, 1.82) is 0 Å². The van der Waals surface area contributed by atoms with E-state index in [0.717, 1.165) is 5.56 Å². The van der Waals surface area contributed by atoms with Crippen LogP contribution in [0, 0.1) is 0 Å². The van der Waals surface area contributed by atoms with Crippen molar-refractivity contribution in [3.8, 4) is 5.75 Å². The van der Waals surface area contributed by atoms with Crippen LogP contribution in [0.4, 0.5) is 5.69 Å². The van der Waals surface area contributed by atoms with E-state index in [0.29, 0.717) is 31.0 Å². The molecule has 5 heteroatoms. The van der Waals surface area contributed by atoms with E-state index in [1.54, 1.807) is 35.4 Å². The minimum atomic E-state index is 0.0608. The lowest BCUT2D eigenvalue weighted by Gasteiger charge is -2.16. The minimum Gasteiger partial charge on any atom is -0.491 e. The number of thiophene rings is 1. The molecule has 0 aliphatic carbocycles. The molecule has 0 fully saturated rings. The molecule has 1 aromatic carbocycles. The van der Waals surface area contributed by atoms with Gasteiger partial charge < -0.3 is 15.4 Å². The molecule has 0 radical (unpaired) electrons. The number of rotatable bonds is 6. The van der Waals surface area contributed by atoms with Gasteiger partial charge in [0.05, 0.1) is 18.7 Å². The molecule has 0 unspecified atom stereocenters. The Labute approximate surface area is 122 Å². The summed E-state index contributed by atoms with van der Waals surface area (Å²) in [6.45, 7) is 0.969. The van der Waals surface area contributed by atoms with Crippen LogP contribution in [-0.2, 0) is 11.3 Å². The fraction of sp³-hybridized carbons (Fsp3) is 0.267. The Morgan fingerprint density at radius 1 is 1.35 bits per heavy atom. The molecule has 0 aliphatic rings. The van der Waals surface area contributed by atoms with Gasteiger partial charge in [-0.1, -0.05) is 12.1 Å². The number of nitrogens with zero attached hydrogens (tertiary/aromatic N) is 1. The molecule has 106 valence electrons. The molecular formula is C15H18N2O2S. The van der Waals surface area contributed by atoms with Gasteiger partial charge in [-0.15, -0.1) is 0 Å². The third-order valence-electron chi connectivity index (χ3n) is 2.92. The number of para-hydroxylation sites is 2. The van der Waals surface area contributed by atoms with Gasteiger partial charge in [0, 0.05) is 13.6 Å². The number of ether oxygens (including phenoxy) is 1. The summed E-state index contributed by atoms with van der Waals surface area (Å²) in [7, 11) is 1.80. The van der Waals surface area contributed by atoms with Crippen molar-refractivity contribution < 1.29 is 9.53 Å². The second-order valence-electron chi connectivity index (χ2n) is 4.52. The SMILES string of the molecule is CN(Cc1ccsc1)C(=O)CCOc1ccccc1N. The highest BCUT2D eigenvalue weighted by Gasteiger charge is 2.10. The van der Waals surface area contributed by atoms with E-state index in [2.05, 4.69) is 0 Å². The van der Waals surface area contributed by atoms with Crippen LogP contribution in [0.1, 0.15) is 12.0 Å². The summed E-state index contributed by atoms with van der Waals surface area (Å²) in [5.74, 6) is 0.687. The molecule has 2 N–H and O–H groups in total. The van der Waals surface area contributed by atoms with Crippen LogP contribution in [0.3, 0.4) is 0 Å². The minimum absolute atomic E-state index is 0.0608. The van der Waals surface area contributed by atoms with Gasteiger partial charge in [-0.25, -0.2) is 0 Å². The lowest BCUT2D eigenvalue weighted by molar-refractivity contribution is -0.130. The number of amides is 1. The summed E-state index contributed by atoms with van der Waals surface area (Å²) in [5.41, 5.74) is 7.51. The quantitative estimate of drug-likeness (QED) is 0.832. The standard InChI is InChI=1S/C15H18N2O2S/c1-17(10-12-7-9-20-11-12)15(18)6-8-19-14-5-3-2-4-13(14)16/h2-5,7,9,11H,6,8,10,16H2,1H3. The predicted octanol–water partition coefficient (Wildman–Crippen LogP) is 2.76. The smallest absolute Gasteiger partial charge is 0.226 e. The normalized spacial score (nSPS) is 10.2.